The SMILES string of the molecule is CCC(C)N1CCN(S(=O)(=O)c2n[nH]c(C)c2CN)CC1. The average molecular weight is 315 g/mol. The molecule has 120 valence electrons. The van der Waals surface area contributed by atoms with Crippen molar-refractivity contribution in [2.24, 2.45) is 5.73 Å². The Morgan fingerprint density at radius 1 is 1.33 bits per heavy atom. The van der Waals surface area contributed by atoms with Crippen LogP contribution < -0.4 is 5.73 Å². The zero-order valence-electron chi connectivity index (χ0n) is 13.0. The Morgan fingerprint density at radius 2 is 1.95 bits per heavy atom. The second-order valence-corrected chi connectivity index (χ2v) is 7.39. The van der Waals surface area contributed by atoms with Crippen molar-refractivity contribution in [3.05, 3.63) is 11.3 Å². The highest BCUT2D eigenvalue weighted by Crippen LogP contribution is 2.21. The predicted octanol–water partition coefficient (Wildman–Crippen LogP) is 0.282. The van der Waals surface area contributed by atoms with Gasteiger partial charge >= 0.3 is 0 Å². The normalized spacial score (nSPS) is 19.8. The minimum atomic E-state index is -3.56. The van der Waals surface area contributed by atoms with E-state index in [9.17, 15) is 8.42 Å². The number of aryl methyl sites for hydroxylation is 1. The molecule has 0 spiro atoms. The molecule has 2 rings (SSSR count). The number of hydrogen-bond donors (Lipinski definition) is 2. The van der Waals surface area contributed by atoms with Crippen molar-refractivity contribution >= 4 is 10.0 Å². The average Bonchev–Trinajstić information content (AvgIpc) is 2.88. The number of nitrogens with two attached hydrogens (primary N) is 1. The molecule has 21 heavy (non-hydrogen) atoms. The quantitative estimate of drug-likeness (QED) is 0.814. The summed E-state index contributed by atoms with van der Waals surface area (Å²) in [6.45, 7) is 8.80. The van der Waals surface area contributed by atoms with Gasteiger partial charge in [0, 0.05) is 50.0 Å². The molecule has 1 aromatic rings. The van der Waals surface area contributed by atoms with E-state index >= 15 is 0 Å². The van der Waals surface area contributed by atoms with E-state index in [4.69, 9.17) is 5.73 Å². The maximum Gasteiger partial charge on any atom is 0.262 e. The highest BCUT2D eigenvalue weighted by atomic mass is 32.2. The molecule has 1 unspecified atom stereocenters. The van der Waals surface area contributed by atoms with Gasteiger partial charge in [0.15, 0.2) is 5.03 Å². The molecule has 0 aromatic carbocycles. The number of aromatic nitrogens is 2. The van der Waals surface area contributed by atoms with Crippen LogP contribution in [0, 0.1) is 6.92 Å². The summed E-state index contributed by atoms with van der Waals surface area (Å²) in [4.78, 5) is 2.33. The summed E-state index contributed by atoms with van der Waals surface area (Å²) >= 11 is 0. The van der Waals surface area contributed by atoms with Crippen LogP contribution in [0.4, 0.5) is 0 Å². The molecule has 1 aromatic heterocycles. The van der Waals surface area contributed by atoms with Gasteiger partial charge in [0.05, 0.1) is 0 Å². The Morgan fingerprint density at radius 3 is 2.48 bits per heavy atom. The van der Waals surface area contributed by atoms with E-state index in [0.29, 0.717) is 30.4 Å². The van der Waals surface area contributed by atoms with Gasteiger partial charge < -0.3 is 5.73 Å². The molecule has 8 heteroatoms. The molecular formula is C13H25N5O2S. The van der Waals surface area contributed by atoms with E-state index in [1.54, 1.807) is 6.92 Å². The van der Waals surface area contributed by atoms with E-state index in [2.05, 4.69) is 28.9 Å². The maximum absolute atomic E-state index is 12.7. The third-order valence-corrected chi connectivity index (χ3v) is 6.18. The maximum atomic E-state index is 12.7. The monoisotopic (exact) mass is 315 g/mol. The van der Waals surface area contributed by atoms with Crippen LogP contribution in [0.15, 0.2) is 5.03 Å². The molecule has 1 saturated heterocycles. The van der Waals surface area contributed by atoms with Crippen LogP contribution in [0.5, 0.6) is 0 Å². The van der Waals surface area contributed by atoms with Crippen molar-refractivity contribution in [2.45, 2.75) is 44.8 Å². The molecule has 0 bridgehead atoms. The summed E-state index contributed by atoms with van der Waals surface area (Å²) in [5.41, 5.74) is 6.95. The van der Waals surface area contributed by atoms with Crippen LogP contribution in [-0.2, 0) is 16.6 Å². The minimum Gasteiger partial charge on any atom is -0.326 e. The number of piperazine rings is 1. The Balaban J connectivity index is 2.15. The highest BCUT2D eigenvalue weighted by molar-refractivity contribution is 7.89. The molecule has 0 amide bonds. The van der Waals surface area contributed by atoms with E-state index in [-0.39, 0.29) is 11.6 Å². The zero-order valence-corrected chi connectivity index (χ0v) is 13.8. The lowest BCUT2D eigenvalue weighted by Gasteiger charge is -2.36. The van der Waals surface area contributed by atoms with Crippen molar-refractivity contribution in [3.8, 4) is 0 Å². The van der Waals surface area contributed by atoms with E-state index in [1.165, 1.54) is 4.31 Å². The second kappa shape index (κ2) is 6.43. The molecule has 0 saturated carbocycles. The standard InChI is InChI=1S/C13H25N5O2S/c1-4-10(2)17-5-7-18(8-6-17)21(19,20)13-12(9-14)11(3)15-16-13/h10H,4-9,14H2,1-3H3,(H,15,16). The van der Waals surface area contributed by atoms with Gasteiger partial charge in [0.1, 0.15) is 0 Å². The first-order chi connectivity index (χ1) is 9.91. The molecule has 2 heterocycles. The number of nitrogens with zero attached hydrogens (tertiary/aromatic N) is 3. The van der Waals surface area contributed by atoms with Gasteiger partial charge in [0.2, 0.25) is 0 Å². The lowest BCUT2D eigenvalue weighted by Crippen LogP contribution is -2.51. The van der Waals surface area contributed by atoms with Gasteiger partial charge in [-0.3, -0.25) is 10.00 Å². The third-order valence-electron chi connectivity index (χ3n) is 4.31. The van der Waals surface area contributed by atoms with Crippen molar-refractivity contribution < 1.29 is 8.42 Å². The highest BCUT2D eigenvalue weighted by Gasteiger charge is 2.33. The molecule has 1 atom stereocenters. The summed E-state index contributed by atoms with van der Waals surface area (Å²) < 4.78 is 26.9. The van der Waals surface area contributed by atoms with Crippen molar-refractivity contribution in [1.82, 2.24) is 19.4 Å². The fourth-order valence-corrected chi connectivity index (χ4v) is 4.25. The lowest BCUT2D eigenvalue weighted by atomic mass is 10.2. The van der Waals surface area contributed by atoms with E-state index in [0.717, 1.165) is 19.5 Å². The van der Waals surface area contributed by atoms with E-state index < -0.39 is 10.0 Å². The fourth-order valence-electron chi connectivity index (χ4n) is 2.65. The number of H-pyrrole nitrogens is 1. The molecule has 1 fully saturated rings. The molecule has 1 aliphatic heterocycles. The summed E-state index contributed by atoms with van der Waals surface area (Å²) in [6.07, 6.45) is 1.07. The largest absolute Gasteiger partial charge is 0.326 e. The van der Waals surface area contributed by atoms with E-state index in [1.807, 2.05) is 0 Å². The summed E-state index contributed by atoms with van der Waals surface area (Å²) in [7, 11) is -3.56. The summed E-state index contributed by atoms with van der Waals surface area (Å²) in [5.74, 6) is 0. The molecule has 1 aliphatic rings. The number of sulfonamides is 1. The van der Waals surface area contributed by atoms with Crippen LogP contribution in [0.25, 0.3) is 0 Å². The number of hydrogen-bond acceptors (Lipinski definition) is 5. The second-order valence-electron chi connectivity index (χ2n) is 5.53. The Hall–Kier alpha value is -0.960. The summed E-state index contributed by atoms with van der Waals surface area (Å²) in [6, 6.07) is 0.488. The zero-order chi connectivity index (χ0) is 15.6. The molecule has 3 N–H and O–H groups in total. The third kappa shape index (κ3) is 3.13. The van der Waals surface area contributed by atoms with Crippen molar-refractivity contribution in [1.29, 1.82) is 0 Å². The predicted molar refractivity (Wildman–Crippen MR) is 81.3 cm³/mol. The van der Waals surface area contributed by atoms with Gasteiger partial charge in [-0.15, -0.1) is 0 Å². The van der Waals surface area contributed by atoms with Gasteiger partial charge in [0.25, 0.3) is 10.0 Å². The molecule has 0 aliphatic carbocycles. The van der Waals surface area contributed by atoms with Crippen molar-refractivity contribution in [3.63, 3.8) is 0 Å². The van der Waals surface area contributed by atoms with Crippen LogP contribution in [-0.4, -0.2) is 60.0 Å². The Kier molecular flexibility index (Phi) is 5.03. The first kappa shape index (κ1) is 16.4. The molecule has 7 nitrogen and oxygen atoms in total. The van der Waals surface area contributed by atoms with Gasteiger partial charge in [-0.2, -0.15) is 9.40 Å². The minimum absolute atomic E-state index is 0.0829. The van der Waals surface area contributed by atoms with Gasteiger partial charge in [-0.25, -0.2) is 8.42 Å². The first-order valence-corrected chi connectivity index (χ1v) is 8.83. The number of rotatable bonds is 5. The van der Waals surface area contributed by atoms with Crippen LogP contribution in [0.3, 0.4) is 0 Å². The Bertz CT molecular complexity index is 575. The first-order valence-electron chi connectivity index (χ1n) is 7.39. The smallest absolute Gasteiger partial charge is 0.262 e. The van der Waals surface area contributed by atoms with Crippen LogP contribution in [0.2, 0.25) is 0 Å². The summed E-state index contributed by atoms with van der Waals surface area (Å²) in [5, 5.41) is 6.76. The fraction of sp³-hybridized carbons (Fsp3) is 0.769. The number of aromatic amines is 1. The Labute approximate surface area is 126 Å². The van der Waals surface area contributed by atoms with Crippen LogP contribution >= 0.6 is 0 Å². The molecular weight excluding hydrogens is 290 g/mol. The van der Waals surface area contributed by atoms with Crippen LogP contribution in [0.1, 0.15) is 31.5 Å². The van der Waals surface area contributed by atoms with Gasteiger partial charge in [-0.05, 0) is 20.3 Å². The topological polar surface area (TPSA) is 95.3 Å². The van der Waals surface area contributed by atoms with Crippen molar-refractivity contribution in [2.75, 3.05) is 26.2 Å². The molecule has 0 radical (unpaired) electrons. The number of nitrogens with one attached hydrogen (secondary N) is 1. The van der Waals surface area contributed by atoms with Gasteiger partial charge in [-0.1, -0.05) is 6.92 Å². The lowest BCUT2D eigenvalue weighted by molar-refractivity contribution is 0.142.